The van der Waals surface area contributed by atoms with E-state index >= 15 is 0 Å². The molecule has 2 amide bonds. The molecular formula is C17H20FN3O3. The fourth-order valence-electron chi connectivity index (χ4n) is 2.68. The highest BCUT2D eigenvalue weighted by molar-refractivity contribution is 5.74. The van der Waals surface area contributed by atoms with Crippen LogP contribution in [0.5, 0.6) is 5.75 Å². The van der Waals surface area contributed by atoms with E-state index in [-0.39, 0.29) is 24.4 Å². The number of amides is 2. The molecule has 2 heterocycles. The summed E-state index contributed by atoms with van der Waals surface area (Å²) in [6, 6.07) is 3.83. The highest BCUT2D eigenvalue weighted by Gasteiger charge is 2.22. The Hall–Kier alpha value is -2.57. The molecule has 7 heteroatoms. The van der Waals surface area contributed by atoms with E-state index < -0.39 is 0 Å². The average Bonchev–Trinajstić information content (AvgIpc) is 2.75. The molecule has 0 fully saturated rings. The molecule has 24 heavy (non-hydrogen) atoms. The number of hydrogen-bond donors (Lipinski definition) is 2. The molecule has 128 valence electrons. The van der Waals surface area contributed by atoms with Crippen LogP contribution in [-0.4, -0.2) is 17.6 Å². The largest absolute Gasteiger partial charge is 0.493 e. The number of oxazole rings is 1. The van der Waals surface area contributed by atoms with Crippen LogP contribution in [0.2, 0.25) is 0 Å². The molecule has 0 saturated carbocycles. The van der Waals surface area contributed by atoms with Crippen molar-refractivity contribution in [3.8, 4) is 5.75 Å². The van der Waals surface area contributed by atoms with Crippen LogP contribution in [0.4, 0.5) is 9.18 Å². The minimum absolute atomic E-state index is 0.208. The Balaban J connectivity index is 1.63. The number of nitrogens with zero attached hydrogens (tertiary/aromatic N) is 1. The summed E-state index contributed by atoms with van der Waals surface area (Å²) in [5.41, 5.74) is 1.59. The second-order valence-electron chi connectivity index (χ2n) is 5.80. The number of urea groups is 1. The third-order valence-corrected chi connectivity index (χ3v) is 4.02. The number of ether oxygens (including phenoxy) is 1. The van der Waals surface area contributed by atoms with Gasteiger partial charge in [0.15, 0.2) is 0 Å². The van der Waals surface area contributed by atoms with E-state index in [9.17, 15) is 9.18 Å². The van der Waals surface area contributed by atoms with Gasteiger partial charge in [-0.2, -0.15) is 0 Å². The van der Waals surface area contributed by atoms with Crippen molar-refractivity contribution in [3.05, 3.63) is 46.9 Å². The second-order valence-corrected chi connectivity index (χ2v) is 5.80. The van der Waals surface area contributed by atoms with E-state index in [1.165, 1.54) is 12.1 Å². The Morgan fingerprint density at radius 1 is 1.42 bits per heavy atom. The zero-order chi connectivity index (χ0) is 17.1. The Kier molecular flexibility index (Phi) is 4.69. The number of rotatable bonds is 3. The molecule has 0 aliphatic carbocycles. The van der Waals surface area contributed by atoms with E-state index in [4.69, 9.17) is 9.15 Å². The first-order valence-electron chi connectivity index (χ1n) is 7.92. The van der Waals surface area contributed by atoms with Gasteiger partial charge in [-0.25, -0.2) is 14.2 Å². The highest BCUT2D eigenvalue weighted by Crippen LogP contribution is 2.31. The highest BCUT2D eigenvalue weighted by atomic mass is 19.1. The van der Waals surface area contributed by atoms with Crippen LogP contribution >= 0.6 is 0 Å². The van der Waals surface area contributed by atoms with Gasteiger partial charge in [-0.3, -0.25) is 0 Å². The van der Waals surface area contributed by atoms with Crippen LogP contribution in [0.25, 0.3) is 0 Å². The Morgan fingerprint density at radius 2 is 2.25 bits per heavy atom. The molecule has 0 unspecified atom stereocenters. The van der Waals surface area contributed by atoms with E-state index in [0.29, 0.717) is 18.2 Å². The van der Waals surface area contributed by atoms with Gasteiger partial charge in [-0.15, -0.1) is 0 Å². The second kappa shape index (κ2) is 6.90. The first kappa shape index (κ1) is 16.3. The van der Waals surface area contributed by atoms with Gasteiger partial charge in [0.1, 0.15) is 17.3 Å². The van der Waals surface area contributed by atoms with Gasteiger partial charge < -0.3 is 19.8 Å². The molecule has 6 nitrogen and oxygen atoms in total. The van der Waals surface area contributed by atoms with Crippen LogP contribution < -0.4 is 15.4 Å². The monoisotopic (exact) mass is 333 g/mol. The number of nitrogens with one attached hydrogen (secondary N) is 2. The summed E-state index contributed by atoms with van der Waals surface area (Å²) in [5.74, 6) is 1.33. The molecule has 3 rings (SSSR count). The van der Waals surface area contributed by atoms with Crippen LogP contribution in [0.15, 0.2) is 22.6 Å². The summed E-state index contributed by atoms with van der Waals surface area (Å²) in [7, 11) is 0. The smallest absolute Gasteiger partial charge is 0.315 e. The van der Waals surface area contributed by atoms with Gasteiger partial charge in [0.2, 0.25) is 5.89 Å². The van der Waals surface area contributed by atoms with Crippen LogP contribution in [0.1, 0.15) is 41.8 Å². The van der Waals surface area contributed by atoms with Crippen molar-refractivity contribution in [2.45, 2.75) is 39.3 Å². The summed E-state index contributed by atoms with van der Waals surface area (Å²) in [4.78, 5) is 16.4. The molecule has 1 aromatic carbocycles. The van der Waals surface area contributed by atoms with Crippen LogP contribution in [0, 0.1) is 19.7 Å². The fourth-order valence-corrected chi connectivity index (χ4v) is 2.68. The lowest BCUT2D eigenvalue weighted by atomic mass is 10.0. The zero-order valence-electron chi connectivity index (χ0n) is 13.7. The van der Waals surface area contributed by atoms with Gasteiger partial charge in [0.05, 0.1) is 24.9 Å². The topological polar surface area (TPSA) is 76.4 Å². The molecule has 0 radical (unpaired) electrons. The first-order valence-corrected chi connectivity index (χ1v) is 7.92. The number of carbonyl (C=O) groups excluding carboxylic acids is 1. The van der Waals surface area contributed by atoms with Crippen LogP contribution in [-0.2, 0) is 6.54 Å². The minimum atomic E-state index is -0.353. The maximum absolute atomic E-state index is 13.4. The molecule has 0 saturated heterocycles. The summed E-state index contributed by atoms with van der Waals surface area (Å²) < 4.78 is 24.3. The summed E-state index contributed by atoms with van der Waals surface area (Å²) in [5, 5.41) is 5.63. The third-order valence-electron chi connectivity index (χ3n) is 4.02. The molecular weight excluding hydrogens is 313 g/mol. The molecule has 1 aromatic heterocycles. The quantitative estimate of drug-likeness (QED) is 0.905. The van der Waals surface area contributed by atoms with Gasteiger partial charge in [0, 0.05) is 11.6 Å². The molecule has 0 bridgehead atoms. The maximum Gasteiger partial charge on any atom is 0.315 e. The number of aryl methyl sites for hydroxylation is 2. The summed E-state index contributed by atoms with van der Waals surface area (Å²) >= 11 is 0. The summed E-state index contributed by atoms with van der Waals surface area (Å²) in [6.45, 7) is 4.39. The van der Waals surface area contributed by atoms with E-state index in [1.807, 2.05) is 13.8 Å². The number of fused-ring (bicyclic) bond motifs is 1. The van der Waals surface area contributed by atoms with Crippen molar-refractivity contribution >= 4 is 6.03 Å². The predicted octanol–water partition coefficient (Wildman–Crippen LogP) is 3.14. The number of hydrogen-bond acceptors (Lipinski definition) is 4. The minimum Gasteiger partial charge on any atom is -0.493 e. The summed E-state index contributed by atoms with van der Waals surface area (Å²) in [6.07, 6.45) is 1.50. The lowest BCUT2D eigenvalue weighted by molar-refractivity contribution is 0.234. The molecule has 1 atom stereocenters. The number of carbonyl (C=O) groups is 1. The number of aromatic nitrogens is 1. The lowest BCUT2D eigenvalue weighted by Gasteiger charge is -2.18. The lowest BCUT2D eigenvalue weighted by Crippen LogP contribution is -2.37. The van der Waals surface area contributed by atoms with E-state index in [1.54, 1.807) is 6.07 Å². The van der Waals surface area contributed by atoms with Crippen molar-refractivity contribution in [2.24, 2.45) is 0 Å². The Labute approximate surface area is 139 Å². The van der Waals surface area contributed by atoms with Crippen molar-refractivity contribution in [2.75, 3.05) is 6.61 Å². The number of halogens is 1. The Bertz CT molecular complexity index is 725. The SMILES string of the molecule is Cc1nc(CNC(=O)N[C@H]2CCCOc3cc(F)ccc32)oc1C. The van der Waals surface area contributed by atoms with E-state index in [0.717, 1.165) is 29.9 Å². The van der Waals surface area contributed by atoms with Gasteiger partial charge in [0.25, 0.3) is 0 Å². The Morgan fingerprint density at radius 3 is 3.00 bits per heavy atom. The number of benzene rings is 1. The fraction of sp³-hybridized carbons (Fsp3) is 0.412. The third kappa shape index (κ3) is 3.67. The van der Waals surface area contributed by atoms with Gasteiger partial charge in [-0.1, -0.05) is 6.07 Å². The van der Waals surface area contributed by atoms with Crippen LogP contribution in [0.3, 0.4) is 0 Å². The average molecular weight is 333 g/mol. The van der Waals surface area contributed by atoms with Crippen molar-refractivity contribution in [3.63, 3.8) is 0 Å². The van der Waals surface area contributed by atoms with E-state index in [2.05, 4.69) is 15.6 Å². The van der Waals surface area contributed by atoms with Gasteiger partial charge in [-0.05, 0) is 32.8 Å². The molecule has 2 aromatic rings. The first-order chi connectivity index (χ1) is 11.5. The molecule has 1 aliphatic rings. The van der Waals surface area contributed by atoms with Crippen molar-refractivity contribution in [1.82, 2.24) is 15.6 Å². The molecule has 1 aliphatic heterocycles. The zero-order valence-corrected chi connectivity index (χ0v) is 13.7. The van der Waals surface area contributed by atoms with Crippen molar-refractivity contribution < 1.29 is 18.3 Å². The standard InChI is InChI=1S/C17H20FN3O3/c1-10-11(2)24-16(20-10)9-19-17(22)21-14-4-3-7-23-15-8-12(18)5-6-13(14)15/h5-6,8,14H,3-4,7,9H2,1-2H3,(H2,19,21,22)/t14-/m0/s1. The van der Waals surface area contributed by atoms with Crippen molar-refractivity contribution in [1.29, 1.82) is 0 Å². The molecule has 0 spiro atoms. The van der Waals surface area contributed by atoms with Gasteiger partial charge >= 0.3 is 6.03 Å². The normalized spacial score (nSPS) is 16.7. The molecule has 2 N–H and O–H groups in total. The maximum atomic E-state index is 13.4. The predicted molar refractivity (Wildman–Crippen MR) is 85.2 cm³/mol.